The number of hydrogen-bond acceptors (Lipinski definition) is 4. The molecule has 1 heterocycles. The fourth-order valence-corrected chi connectivity index (χ4v) is 1.58. The Bertz CT molecular complexity index is 293. The summed E-state index contributed by atoms with van der Waals surface area (Å²) >= 11 is 0. The second-order valence-electron chi connectivity index (χ2n) is 4.01. The van der Waals surface area contributed by atoms with Gasteiger partial charge in [0.15, 0.2) is 0 Å². The van der Waals surface area contributed by atoms with Gasteiger partial charge >= 0.3 is 0 Å². The average Bonchev–Trinajstić information content (AvgIpc) is 2.94. The third-order valence-electron chi connectivity index (χ3n) is 2.79. The molecule has 1 fully saturated rings. The molecule has 0 bridgehead atoms. The van der Waals surface area contributed by atoms with Crippen molar-refractivity contribution < 1.29 is 4.42 Å². The van der Waals surface area contributed by atoms with Crippen molar-refractivity contribution in [3.63, 3.8) is 0 Å². The van der Waals surface area contributed by atoms with E-state index in [-0.39, 0.29) is 0 Å². The van der Waals surface area contributed by atoms with Crippen molar-refractivity contribution in [1.29, 1.82) is 0 Å². The van der Waals surface area contributed by atoms with E-state index in [1.165, 1.54) is 12.8 Å². The van der Waals surface area contributed by atoms with E-state index in [1.807, 2.05) is 7.05 Å². The summed E-state index contributed by atoms with van der Waals surface area (Å²) in [5, 5.41) is 11.2. The van der Waals surface area contributed by atoms with Gasteiger partial charge in [-0.05, 0) is 25.8 Å². The second kappa shape index (κ2) is 4.09. The van der Waals surface area contributed by atoms with Crippen LogP contribution < -0.4 is 5.32 Å². The van der Waals surface area contributed by atoms with Crippen LogP contribution in [0.3, 0.4) is 0 Å². The van der Waals surface area contributed by atoms with Crippen LogP contribution in [0.25, 0.3) is 0 Å². The van der Waals surface area contributed by atoms with Gasteiger partial charge in [-0.3, -0.25) is 0 Å². The van der Waals surface area contributed by atoms with Crippen LogP contribution in [0.2, 0.25) is 0 Å². The zero-order valence-electron chi connectivity index (χ0n) is 8.79. The lowest BCUT2D eigenvalue weighted by Crippen LogP contribution is -2.10. The predicted octanol–water partition coefficient (Wildman–Crippen LogP) is 1.34. The van der Waals surface area contributed by atoms with Gasteiger partial charge in [0.2, 0.25) is 11.8 Å². The summed E-state index contributed by atoms with van der Waals surface area (Å²) in [5.74, 6) is 2.80. The normalized spacial score (nSPS) is 18.4. The van der Waals surface area contributed by atoms with Gasteiger partial charge in [0.25, 0.3) is 0 Å². The smallest absolute Gasteiger partial charge is 0.219 e. The van der Waals surface area contributed by atoms with E-state index in [0.29, 0.717) is 5.92 Å². The quantitative estimate of drug-likeness (QED) is 0.770. The molecule has 1 N–H and O–H groups in total. The summed E-state index contributed by atoms with van der Waals surface area (Å²) in [7, 11) is 1.92. The first-order valence-corrected chi connectivity index (χ1v) is 5.28. The summed E-state index contributed by atoms with van der Waals surface area (Å²) in [6, 6.07) is 0. The molecule has 1 aromatic heterocycles. The Kier molecular flexibility index (Phi) is 2.82. The maximum absolute atomic E-state index is 5.59. The van der Waals surface area contributed by atoms with E-state index in [1.54, 1.807) is 0 Å². The molecular formula is C10H17N3O. The summed E-state index contributed by atoms with van der Waals surface area (Å²) in [6.07, 6.45) is 3.45. The highest BCUT2D eigenvalue weighted by Gasteiger charge is 2.32. The lowest BCUT2D eigenvalue weighted by atomic mass is 10.1. The first kappa shape index (κ1) is 9.65. The van der Waals surface area contributed by atoms with Crippen molar-refractivity contribution in [1.82, 2.24) is 15.5 Å². The Morgan fingerprint density at radius 1 is 1.50 bits per heavy atom. The zero-order chi connectivity index (χ0) is 9.97. The number of nitrogens with zero attached hydrogens (tertiary/aromatic N) is 2. The molecule has 1 aliphatic carbocycles. The van der Waals surface area contributed by atoms with E-state index in [9.17, 15) is 0 Å². The fraction of sp³-hybridized carbons (Fsp3) is 0.800. The Hall–Kier alpha value is -0.900. The number of rotatable bonds is 5. The van der Waals surface area contributed by atoms with Crippen molar-refractivity contribution in [2.24, 2.45) is 5.92 Å². The van der Waals surface area contributed by atoms with E-state index >= 15 is 0 Å². The summed E-state index contributed by atoms with van der Waals surface area (Å²) in [5.41, 5.74) is 0. The van der Waals surface area contributed by atoms with Crippen LogP contribution in [0.5, 0.6) is 0 Å². The molecule has 0 spiro atoms. The summed E-state index contributed by atoms with van der Waals surface area (Å²) in [6.45, 7) is 3.06. The molecule has 0 amide bonds. The third kappa shape index (κ3) is 2.12. The molecule has 0 saturated heterocycles. The minimum atomic E-state index is 0.450. The molecule has 0 aliphatic heterocycles. The predicted molar refractivity (Wildman–Crippen MR) is 53.1 cm³/mol. The molecule has 14 heavy (non-hydrogen) atoms. The third-order valence-corrected chi connectivity index (χ3v) is 2.79. The SMILES string of the molecule is CNCCc1nnc(C(C)C2CC2)o1. The molecule has 1 aliphatic rings. The Morgan fingerprint density at radius 3 is 2.93 bits per heavy atom. The van der Waals surface area contributed by atoms with Crippen LogP contribution in [0.4, 0.5) is 0 Å². The molecule has 4 heteroatoms. The van der Waals surface area contributed by atoms with Crippen LogP contribution in [0, 0.1) is 5.92 Å². The van der Waals surface area contributed by atoms with Crippen molar-refractivity contribution in [2.75, 3.05) is 13.6 Å². The Balaban J connectivity index is 1.94. The minimum absolute atomic E-state index is 0.450. The van der Waals surface area contributed by atoms with Gasteiger partial charge in [-0.2, -0.15) is 0 Å². The van der Waals surface area contributed by atoms with Gasteiger partial charge < -0.3 is 9.73 Å². The highest BCUT2D eigenvalue weighted by Crippen LogP contribution is 2.41. The van der Waals surface area contributed by atoms with Crippen LogP contribution in [0.15, 0.2) is 4.42 Å². The molecule has 2 rings (SSSR count). The average molecular weight is 195 g/mol. The molecule has 1 unspecified atom stereocenters. The Morgan fingerprint density at radius 2 is 2.29 bits per heavy atom. The number of aromatic nitrogens is 2. The van der Waals surface area contributed by atoms with Gasteiger partial charge in [-0.25, -0.2) is 0 Å². The molecule has 0 radical (unpaired) electrons. The number of hydrogen-bond donors (Lipinski definition) is 1. The van der Waals surface area contributed by atoms with E-state index in [2.05, 4.69) is 22.4 Å². The lowest BCUT2D eigenvalue weighted by molar-refractivity contribution is 0.406. The van der Waals surface area contributed by atoms with Gasteiger partial charge in [0.1, 0.15) is 0 Å². The van der Waals surface area contributed by atoms with Crippen LogP contribution in [-0.4, -0.2) is 23.8 Å². The number of likely N-dealkylation sites (N-methyl/N-ethyl adjacent to an activating group) is 1. The number of nitrogens with one attached hydrogen (secondary N) is 1. The van der Waals surface area contributed by atoms with Crippen molar-refractivity contribution >= 4 is 0 Å². The molecule has 78 valence electrons. The topological polar surface area (TPSA) is 51.0 Å². The minimum Gasteiger partial charge on any atom is -0.425 e. The first-order valence-electron chi connectivity index (χ1n) is 5.28. The van der Waals surface area contributed by atoms with Gasteiger partial charge in [0, 0.05) is 18.9 Å². The van der Waals surface area contributed by atoms with Crippen LogP contribution in [-0.2, 0) is 6.42 Å². The second-order valence-corrected chi connectivity index (χ2v) is 4.01. The maximum atomic E-state index is 5.59. The molecule has 1 atom stereocenters. The monoisotopic (exact) mass is 195 g/mol. The molecule has 0 aromatic carbocycles. The largest absolute Gasteiger partial charge is 0.425 e. The van der Waals surface area contributed by atoms with Gasteiger partial charge in [0.05, 0.1) is 0 Å². The molecular weight excluding hydrogens is 178 g/mol. The summed E-state index contributed by atoms with van der Waals surface area (Å²) in [4.78, 5) is 0. The highest BCUT2D eigenvalue weighted by molar-refractivity contribution is 4.97. The first-order chi connectivity index (χ1) is 6.81. The van der Waals surface area contributed by atoms with E-state index in [4.69, 9.17) is 4.42 Å². The van der Waals surface area contributed by atoms with Crippen molar-refractivity contribution in [3.8, 4) is 0 Å². The maximum Gasteiger partial charge on any atom is 0.219 e. The molecule has 1 saturated carbocycles. The molecule has 1 aromatic rings. The fourth-order valence-electron chi connectivity index (χ4n) is 1.58. The molecule has 4 nitrogen and oxygen atoms in total. The Labute approximate surface area is 84.1 Å². The zero-order valence-corrected chi connectivity index (χ0v) is 8.79. The standard InChI is InChI=1S/C10H17N3O/c1-7(8-3-4-8)10-13-12-9(14-10)5-6-11-2/h7-8,11H,3-6H2,1-2H3. The lowest BCUT2D eigenvalue weighted by Gasteiger charge is -2.01. The highest BCUT2D eigenvalue weighted by atomic mass is 16.4. The van der Waals surface area contributed by atoms with Gasteiger partial charge in [-0.1, -0.05) is 6.92 Å². The van der Waals surface area contributed by atoms with Crippen molar-refractivity contribution in [3.05, 3.63) is 11.8 Å². The van der Waals surface area contributed by atoms with Crippen molar-refractivity contribution in [2.45, 2.75) is 32.1 Å². The van der Waals surface area contributed by atoms with Gasteiger partial charge in [-0.15, -0.1) is 10.2 Å². The summed E-state index contributed by atoms with van der Waals surface area (Å²) < 4.78 is 5.59. The van der Waals surface area contributed by atoms with E-state index < -0.39 is 0 Å². The van der Waals surface area contributed by atoms with Crippen LogP contribution >= 0.6 is 0 Å². The van der Waals surface area contributed by atoms with E-state index in [0.717, 1.165) is 30.7 Å². The van der Waals surface area contributed by atoms with Crippen LogP contribution in [0.1, 0.15) is 37.5 Å².